The van der Waals surface area contributed by atoms with Crippen LogP contribution >= 0.6 is 15.9 Å². The topological polar surface area (TPSA) is 46.5 Å². The normalized spacial score (nSPS) is 16.3. The average Bonchev–Trinajstić information content (AvgIpc) is 3.15. The minimum Gasteiger partial charge on any atom is -0.496 e. The summed E-state index contributed by atoms with van der Waals surface area (Å²) in [7, 11) is 1.65. The Morgan fingerprint density at radius 2 is 1.84 bits per heavy atom. The van der Waals surface area contributed by atoms with Crippen LogP contribution in [0.5, 0.6) is 5.75 Å². The van der Waals surface area contributed by atoms with Crippen molar-refractivity contribution in [3.05, 3.63) is 26.7 Å². The van der Waals surface area contributed by atoms with E-state index in [2.05, 4.69) is 15.9 Å². The molecule has 0 radical (unpaired) electrons. The third-order valence-corrected chi connectivity index (χ3v) is 5.50. The van der Waals surface area contributed by atoms with E-state index in [-0.39, 0.29) is 0 Å². The van der Waals surface area contributed by atoms with Gasteiger partial charge in [-0.1, -0.05) is 15.9 Å². The van der Waals surface area contributed by atoms with E-state index >= 15 is 0 Å². The smallest absolute Gasteiger partial charge is 0.309 e. The number of methoxy groups -OCH3 is 1. The summed E-state index contributed by atoms with van der Waals surface area (Å²) in [4.78, 5) is 11.4. The van der Waals surface area contributed by atoms with Crippen LogP contribution in [0.25, 0.3) is 0 Å². The van der Waals surface area contributed by atoms with Crippen LogP contribution in [0.1, 0.15) is 35.1 Å². The van der Waals surface area contributed by atoms with Crippen molar-refractivity contribution in [1.82, 2.24) is 0 Å². The standard InChI is InChI=1S/C15H19BrO3/c1-8-9(2)13(19-4)11(10(3)12(8)16)7-15(5-6-15)14(17)18/h5-7H2,1-4H3,(H,17,18). The number of rotatable bonds is 4. The Hall–Kier alpha value is -1.03. The molecule has 0 amide bonds. The Morgan fingerprint density at radius 3 is 2.26 bits per heavy atom. The Kier molecular flexibility index (Phi) is 3.65. The summed E-state index contributed by atoms with van der Waals surface area (Å²) in [5.74, 6) is 0.147. The number of aliphatic carboxylic acids is 1. The van der Waals surface area contributed by atoms with Gasteiger partial charge in [0, 0.05) is 4.47 Å². The van der Waals surface area contributed by atoms with Gasteiger partial charge in [0.1, 0.15) is 5.75 Å². The first-order valence-electron chi connectivity index (χ1n) is 6.39. The molecule has 1 fully saturated rings. The van der Waals surface area contributed by atoms with E-state index in [1.807, 2.05) is 20.8 Å². The molecule has 19 heavy (non-hydrogen) atoms. The third kappa shape index (κ3) is 2.27. The van der Waals surface area contributed by atoms with Gasteiger partial charge in [0.05, 0.1) is 12.5 Å². The molecule has 0 saturated heterocycles. The fourth-order valence-electron chi connectivity index (χ4n) is 2.59. The molecule has 3 nitrogen and oxygen atoms in total. The highest BCUT2D eigenvalue weighted by atomic mass is 79.9. The largest absolute Gasteiger partial charge is 0.496 e. The molecule has 0 spiro atoms. The van der Waals surface area contributed by atoms with Gasteiger partial charge in [0.2, 0.25) is 0 Å². The Labute approximate surface area is 122 Å². The van der Waals surface area contributed by atoms with Crippen molar-refractivity contribution < 1.29 is 14.6 Å². The van der Waals surface area contributed by atoms with Crippen molar-refractivity contribution in [2.24, 2.45) is 5.41 Å². The second-order valence-corrected chi connectivity index (χ2v) is 6.26. The maximum atomic E-state index is 11.4. The van der Waals surface area contributed by atoms with Crippen molar-refractivity contribution in [3.8, 4) is 5.75 Å². The van der Waals surface area contributed by atoms with E-state index in [1.54, 1.807) is 7.11 Å². The molecule has 0 aliphatic heterocycles. The van der Waals surface area contributed by atoms with Crippen LogP contribution in [-0.2, 0) is 11.2 Å². The van der Waals surface area contributed by atoms with Crippen molar-refractivity contribution in [2.75, 3.05) is 7.11 Å². The summed E-state index contributed by atoms with van der Waals surface area (Å²) in [5.41, 5.74) is 3.78. The molecule has 1 N–H and O–H groups in total. The molecule has 0 bridgehead atoms. The lowest BCUT2D eigenvalue weighted by molar-refractivity contribution is -0.143. The minimum absolute atomic E-state index is 0.553. The predicted octanol–water partition coefficient (Wildman–Crippen LogP) is 3.79. The lowest BCUT2D eigenvalue weighted by Crippen LogP contribution is -2.19. The third-order valence-electron chi connectivity index (χ3n) is 4.31. The van der Waals surface area contributed by atoms with Gasteiger partial charge in [0.25, 0.3) is 0 Å². The molecule has 1 aromatic carbocycles. The fourth-order valence-corrected chi connectivity index (χ4v) is 3.13. The lowest BCUT2D eigenvalue weighted by atomic mass is 9.90. The van der Waals surface area contributed by atoms with Crippen LogP contribution in [0, 0.1) is 26.2 Å². The first kappa shape index (κ1) is 14.4. The summed E-state index contributed by atoms with van der Waals surface area (Å²) in [6.45, 7) is 6.08. The minimum atomic E-state index is -0.691. The number of ether oxygens (including phenoxy) is 1. The van der Waals surface area contributed by atoms with Crippen molar-refractivity contribution in [2.45, 2.75) is 40.0 Å². The highest BCUT2D eigenvalue weighted by Crippen LogP contribution is 2.51. The molecule has 1 aliphatic rings. The number of carboxylic acids is 1. The van der Waals surface area contributed by atoms with E-state index in [0.717, 1.165) is 45.3 Å². The predicted molar refractivity (Wildman–Crippen MR) is 77.9 cm³/mol. The highest BCUT2D eigenvalue weighted by molar-refractivity contribution is 9.10. The molecule has 0 heterocycles. The summed E-state index contributed by atoms with van der Waals surface area (Å²) in [6.07, 6.45) is 2.07. The van der Waals surface area contributed by atoms with Gasteiger partial charge in [-0.2, -0.15) is 0 Å². The Balaban J connectivity index is 2.54. The molecule has 104 valence electrons. The monoisotopic (exact) mass is 326 g/mol. The quantitative estimate of drug-likeness (QED) is 0.915. The van der Waals surface area contributed by atoms with Gasteiger partial charge < -0.3 is 9.84 Å². The highest BCUT2D eigenvalue weighted by Gasteiger charge is 2.50. The second-order valence-electron chi connectivity index (χ2n) is 5.46. The van der Waals surface area contributed by atoms with E-state index < -0.39 is 11.4 Å². The molecule has 1 saturated carbocycles. The molecule has 2 rings (SSSR count). The van der Waals surface area contributed by atoms with Crippen LogP contribution in [0.4, 0.5) is 0 Å². The summed E-state index contributed by atoms with van der Waals surface area (Å²) in [5, 5.41) is 9.36. The van der Waals surface area contributed by atoms with Crippen molar-refractivity contribution in [1.29, 1.82) is 0 Å². The summed E-state index contributed by atoms with van der Waals surface area (Å²) < 4.78 is 6.59. The molecule has 4 heteroatoms. The number of hydrogen-bond donors (Lipinski definition) is 1. The number of benzene rings is 1. The Bertz CT molecular complexity index is 545. The number of hydrogen-bond acceptors (Lipinski definition) is 2. The summed E-state index contributed by atoms with van der Waals surface area (Å²) in [6, 6.07) is 0. The molecule has 1 aromatic rings. The van der Waals surface area contributed by atoms with Gasteiger partial charge in [-0.15, -0.1) is 0 Å². The van der Waals surface area contributed by atoms with Crippen molar-refractivity contribution in [3.63, 3.8) is 0 Å². The van der Waals surface area contributed by atoms with Crippen LogP contribution in [0.15, 0.2) is 4.47 Å². The molecular weight excluding hydrogens is 308 g/mol. The number of carboxylic acid groups (broad SMARTS) is 1. The number of carbonyl (C=O) groups is 1. The fraction of sp³-hybridized carbons (Fsp3) is 0.533. The van der Waals surface area contributed by atoms with E-state index in [1.165, 1.54) is 0 Å². The SMILES string of the molecule is COc1c(C)c(C)c(Br)c(C)c1CC1(C(=O)O)CC1. The van der Waals surface area contributed by atoms with Crippen molar-refractivity contribution >= 4 is 21.9 Å². The van der Waals surface area contributed by atoms with Gasteiger partial charge in [0.15, 0.2) is 0 Å². The van der Waals surface area contributed by atoms with Gasteiger partial charge in [-0.25, -0.2) is 0 Å². The molecule has 0 aromatic heterocycles. The van der Waals surface area contributed by atoms with Crippen LogP contribution in [0.2, 0.25) is 0 Å². The zero-order valence-corrected chi connectivity index (χ0v) is 13.3. The maximum absolute atomic E-state index is 11.4. The van der Waals surface area contributed by atoms with Crippen LogP contribution in [0.3, 0.4) is 0 Å². The lowest BCUT2D eigenvalue weighted by Gasteiger charge is -2.21. The van der Waals surface area contributed by atoms with Gasteiger partial charge in [-0.3, -0.25) is 4.79 Å². The first-order chi connectivity index (χ1) is 8.84. The van der Waals surface area contributed by atoms with Crippen LogP contribution < -0.4 is 4.74 Å². The van der Waals surface area contributed by atoms with Crippen LogP contribution in [-0.4, -0.2) is 18.2 Å². The zero-order chi connectivity index (χ0) is 14.4. The number of halogens is 1. The second kappa shape index (κ2) is 4.82. The molecule has 1 aliphatic carbocycles. The molecule has 0 unspecified atom stereocenters. The molecular formula is C15H19BrO3. The van der Waals surface area contributed by atoms with E-state index in [4.69, 9.17) is 4.74 Å². The Morgan fingerprint density at radius 1 is 1.26 bits per heavy atom. The first-order valence-corrected chi connectivity index (χ1v) is 7.19. The van der Waals surface area contributed by atoms with Gasteiger partial charge in [-0.05, 0) is 62.3 Å². The van der Waals surface area contributed by atoms with E-state index in [9.17, 15) is 9.90 Å². The van der Waals surface area contributed by atoms with Gasteiger partial charge >= 0.3 is 5.97 Å². The maximum Gasteiger partial charge on any atom is 0.309 e. The molecule has 0 atom stereocenters. The van der Waals surface area contributed by atoms with E-state index in [0.29, 0.717) is 6.42 Å². The zero-order valence-electron chi connectivity index (χ0n) is 11.8. The summed E-state index contributed by atoms with van der Waals surface area (Å²) >= 11 is 3.61. The average molecular weight is 327 g/mol.